The van der Waals surface area contributed by atoms with Gasteiger partial charge in [0.05, 0.1) is 17.6 Å². The largest absolute Gasteiger partial charge is 0.493 e. The molecule has 0 radical (unpaired) electrons. The topological polar surface area (TPSA) is 90.7 Å². The van der Waals surface area contributed by atoms with Gasteiger partial charge in [-0.15, -0.1) is 0 Å². The van der Waals surface area contributed by atoms with Crippen LogP contribution in [0.3, 0.4) is 0 Å². The van der Waals surface area contributed by atoms with Crippen LogP contribution in [0.4, 0.5) is 5.69 Å². The highest BCUT2D eigenvalue weighted by molar-refractivity contribution is 5.83. The van der Waals surface area contributed by atoms with Crippen molar-refractivity contribution in [1.29, 1.82) is 0 Å². The van der Waals surface area contributed by atoms with Gasteiger partial charge in [0.15, 0.2) is 0 Å². The smallest absolute Gasteiger partial charge is 0.335 e. The van der Waals surface area contributed by atoms with Crippen molar-refractivity contribution in [3.05, 3.63) is 86.1 Å². The number of aryl methyl sites for hydroxylation is 2. The fraction of sp³-hybridized carbons (Fsp3) is 0.150. The highest BCUT2D eigenvalue weighted by atomic mass is 16.3. The Balaban J connectivity index is 2.10. The third-order valence-electron chi connectivity index (χ3n) is 4.22. The highest BCUT2D eigenvalue weighted by Crippen LogP contribution is 2.20. The van der Waals surface area contributed by atoms with E-state index in [0.717, 1.165) is 21.4 Å². The van der Waals surface area contributed by atoms with E-state index in [0.29, 0.717) is 5.69 Å². The van der Waals surface area contributed by atoms with Gasteiger partial charge in [0.2, 0.25) is 5.88 Å². The third kappa shape index (κ3) is 3.67. The number of aromatic hydroxyl groups is 1. The van der Waals surface area contributed by atoms with Crippen molar-refractivity contribution in [3.63, 3.8) is 0 Å². The lowest BCUT2D eigenvalue weighted by atomic mass is 10.1. The van der Waals surface area contributed by atoms with Crippen molar-refractivity contribution in [2.24, 2.45) is 5.10 Å². The molecule has 3 aromatic rings. The lowest BCUT2D eigenvalue weighted by Crippen LogP contribution is -2.32. The van der Waals surface area contributed by atoms with Gasteiger partial charge in [0.25, 0.3) is 5.56 Å². The number of benzene rings is 2. The molecule has 0 atom stereocenters. The van der Waals surface area contributed by atoms with Crippen LogP contribution < -0.4 is 16.3 Å². The summed E-state index contributed by atoms with van der Waals surface area (Å²) in [4.78, 5) is 26.8. The zero-order chi connectivity index (χ0) is 19.6. The summed E-state index contributed by atoms with van der Waals surface area (Å²) in [6.07, 6.45) is 1.24. The van der Waals surface area contributed by atoms with Crippen molar-refractivity contribution in [1.82, 2.24) is 9.55 Å². The molecule has 0 aliphatic carbocycles. The Morgan fingerprint density at radius 2 is 1.81 bits per heavy atom. The van der Waals surface area contributed by atoms with Gasteiger partial charge in [-0.1, -0.05) is 30.3 Å². The second-order valence-corrected chi connectivity index (χ2v) is 6.23. The van der Waals surface area contributed by atoms with E-state index in [1.165, 1.54) is 6.21 Å². The van der Waals surface area contributed by atoms with Crippen molar-refractivity contribution < 1.29 is 5.11 Å². The van der Waals surface area contributed by atoms with Crippen LogP contribution in [0.1, 0.15) is 16.7 Å². The zero-order valence-corrected chi connectivity index (χ0v) is 15.3. The monoisotopic (exact) mass is 364 g/mol. The van der Waals surface area contributed by atoms with Crippen LogP contribution in [0.25, 0.3) is 5.69 Å². The fourth-order valence-corrected chi connectivity index (χ4v) is 2.69. The molecule has 7 nitrogen and oxygen atoms in total. The molecule has 138 valence electrons. The molecule has 0 fully saturated rings. The number of hydrazone groups is 1. The molecular weight excluding hydrogens is 344 g/mol. The van der Waals surface area contributed by atoms with Crippen LogP contribution in [0.15, 0.2) is 63.2 Å². The van der Waals surface area contributed by atoms with Crippen LogP contribution in [0, 0.1) is 13.8 Å². The van der Waals surface area contributed by atoms with E-state index in [-0.39, 0.29) is 5.56 Å². The molecule has 2 aromatic carbocycles. The van der Waals surface area contributed by atoms with Crippen LogP contribution in [-0.4, -0.2) is 27.9 Å². The summed E-state index contributed by atoms with van der Waals surface area (Å²) in [5.74, 6) is -0.456. The number of anilines is 1. The van der Waals surface area contributed by atoms with E-state index < -0.39 is 17.1 Å². The summed E-state index contributed by atoms with van der Waals surface area (Å²) >= 11 is 0. The lowest BCUT2D eigenvalue weighted by Gasteiger charge is -2.14. The first kappa shape index (κ1) is 18.2. The average Bonchev–Trinajstić information content (AvgIpc) is 2.64. The first-order valence-corrected chi connectivity index (χ1v) is 8.37. The minimum atomic E-state index is -0.709. The highest BCUT2D eigenvalue weighted by Gasteiger charge is 2.16. The maximum Gasteiger partial charge on any atom is 0.335 e. The third-order valence-corrected chi connectivity index (χ3v) is 4.22. The molecular formula is C20H20N4O3. The number of para-hydroxylation sites is 1. The molecule has 7 heteroatoms. The van der Waals surface area contributed by atoms with E-state index >= 15 is 0 Å². The Hall–Kier alpha value is -3.61. The Bertz CT molecular complexity index is 1110. The summed E-state index contributed by atoms with van der Waals surface area (Å²) in [6.45, 7) is 3.70. The van der Waals surface area contributed by atoms with Gasteiger partial charge >= 0.3 is 5.69 Å². The number of aromatic amines is 1. The van der Waals surface area contributed by atoms with Gasteiger partial charge in [-0.3, -0.25) is 14.8 Å². The first-order valence-electron chi connectivity index (χ1n) is 8.37. The van der Waals surface area contributed by atoms with Gasteiger partial charge in [-0.2, -0.15) is 5.10 Å². The standard InChI is InChI=1S/C20H20N4O3/c1-13-9-10-14(2)17(11-13)24-19(26)16(18(25)22-20(24)27)12-21-23(3)15-7-5-4-6-8-15/h4-12,26H,1-3H3,(H,22,25,27). The molecule has 2 N–H and O–H groups in total. The van der Waals surface area contributed by atoms with E-state index in [1.807, 2.05) is 56.3 Å². The summed E-state index contributed by atoms with van der Waals surface area (Å²) in [5.41, 5.74) is 1.51. The zero-order valence-electron chi connectivity index (χ0n) is 15.3. The van der Waals surface area contributed by atoms with Crippen molar-refractivity contribution in [2.45, 2.75) is 13.8 Å². The minimum Gasteiger partial charge on any atom is -0.493 e. The number of aromatic nitrogens is 2. The molecule has 0 amide bonds. The SMILES string of the molecule is Cc1ccc(C)c(-n2c(O)c(C=NN(C)c3ccccc3)c(=O)[nH]c2=O)c1. The molecule has 0 aliphatic rings. The summed E-state index contributed by atoms with van der Waals surface area (Å²) in [5, 5.41) is 16.4. The first-order chi connectivity index (χ1) is 12.9. The lowest BCUT2D eigenvalue weighted by molar-refractivity contribution is 0.430. The quantitative estimate of drug-likeness (QED) is 0.549. The van der Waals surface area contributed by atoms with Crippen LogP contribution in [0.5, 0.6) is 5.88 Å². The maximum absolute atomic E-state index is 12.3. The predicted molar refractivity (Wildman–Crippen MR) is 106 cm³/mol. The van der Waals surface area contributed by atoms with Gasteiger partial charge < -0.3 is 5.11 Å². The van der Waals surface area contributed by atoms with Crippen LogP contribution in [-0.2, 0) is 0 Å². The Labute approximate surface area is 155 Å². The number of hydrogen-bond donors (Lipinski definition) is 2. The molecule has 0 unspecified atom stereocenters. The number of rotatable bonds is 4. The Morgan fingerprint density at radius 1 is 1.11 bits per heavy atom. The van der Waals surface area contributed by atoms with E-state index in [4.69, 9.17) is 0 Å². The van der Waals surface area contributed by atoms with Crippen molar-refractivity contribution >= 4 is 11.9 Å². The van der Waals surface area contributed by atoms with Crippen LogP contribution in [0.2, 0.25) is 0 Å². The molecule has 0 spiro atoms. The number of hydrogen-bond acceptors (Lipinski definition) is 5. The predicted octanol–water partition coefficient (Wildman–Crippen LogP) is 2.32. The molecule has 27 heavy (non-hydrogen) atoms. The Morgan fingerprint density at radius 3 is 2.52 bits per heavy atom. The second kappa shape index (κ2) is 7.33. The Kier molecular flexibility index (Phi) is 4.94. The van der Waals surface area contributed by atoms with Gasteiger partial charge in [0.1, 0.15) is 5.56 Å². The molecule has 0 saturated heterocycles. The molecule has 0 bridgehead atoms. The number of H-pyrrole nitrogens is 1. The van der Waals surface area contributed by atoms with E-state index in [9.17, 15) is 14.7 Å². The molecule has 0 aliphatic heterocycles. The average molecular weight is 364 g/mol. The van der Waals surface area contributed by atoms with Crippen molar-refractivity contribution in [3.8, 4) is 11.6 Å². The number of nitrogens with zero attached hydrogens (tertiary/aromatic N) is 3. The number of nitrogens with one attached hydrogen (secondary N) is 1. The van der Waals surface area contributed by atoms with Gasteiger partial charge in [-0.05, 0) is 43.2 Å². The van der Waals surface area contributed by atoms with Crippen molar-refractivity contribution in [2.75, 3.05) is 12.1 Å². The minimum absolute atomic E-state index is 0.0988. The molecule has 0 saturated carbocycles. The van der Waals surface area contributed by atoms with Gasteiger partial charge in [0, 0.05) is 7.05 Å². The van der Waals surface area contributed by atoms with Gasteiger partial charge in [-0.25, -0.2) is 9.36 Å². The maximum atomic E-state index is 12.3. The fourth-order valence-electron chi connectivity index (χ4n) is 2.69. The summed E-state index contributed by atoms with van der Waals surface area (Å²) in [6, 6.07) is 14.9. The van der Waals surface area contributed by atoms with Crippen LogP contribution >= 0.6 is 0 Å². The summed E-state index contributed by atoms with van der Waals surface area (Å²) < 4.78 is 1.08. The second-order valence-electron chi connectivity index (χ2n) is 6.23. The summed E-state index contributed by atoms with van der Waals surface area (Å²) in [7, 11) is 1.72. The normalized spacial score (nSPS) is 11.1. The van der Waals surface area contributed by atoms with E-state index in [2.05, 4.69) is 10.1 Å². The molecule has 1 heterocycles. The molecule has 1 aromatic heterocycles. The van der Waals surface area contributed by atoms with E-state index in [1.54, 1.807) is 18.1 Å². The molecule has 3 rings (SSSR count).